The fourth-order valence-electron chi connectivity index (χ4n) is 3.51. The van der Waals surface area contributed by atoms with Gasteiger partial charge in [0.25, 0.3) is 0 Å². The van der Waals surface area contributed by atoms with Gasteiger partial charge in [0.2, 0.25) is 5.95 Å². The van der Waals surface area contributed by atoms with Gasteiger partial charge in [-0.2, -0.15) is 4.98 Å². The van der Waals surface area contributed by atoms with E-state index in [0.29, 0.717) is 53.9 Å². The summed E-state index contributed by atoms with van der Waals surface area (Å²) in [4.78, 5) is 28.0. The van der Waals surface area contributed by atoms with Crippen LogP contribution >= 0.6 is 27.5 Å². The quantitative estimate of drug-likeness (QED) is 0.584. The van der Waals surface area contributed by atoms with Crippen LogP contribution in [0.3, 0.4) is 0 Å². The zero-order valence-electron chi connectivity index (χ0n) is 20.0. The first-order valence-electron chi connectivity index (χ1n) is 10.9. The molecule has 2 heterocycles. The molecule has 1 amide bonds. The Morgan fingerprint density at radius 1 is 1.24 bits per heavy atom. The summed E-state index contributed by atoms with van der Waals surface area (Å²) in [5, 5.41) is 4.52. The highest BCUT2D eigenvalue weighted by molar-refractivity contribution is 9.10. The molecule has 0 unspecified atom stereocenters. The van der Waals surface area contributed by atoms with E-state index in [-0.39, 0.29) is 6.09 Å². The lowest BCUT2D eigenvalue weighted by atomic mass is 10.2. The van der Waals surface area contributed by atoms with Gasteiger partial charge in [-0.3, -0.25) is 0 Å². The van der Waals surface area contributed by atoms with Crippen LogP contribution in [0.25, 0.3) is 10.9 Å². The molecule has 0 spiro atoms. The summed E-state index contributed by atoms with van der Waals surface area (Å²) in [6, 6.07) is 1.87. The average molecular weight is 544 g/mol. The molecule has 1 aliphatic heterocycles. The van der Waals surface area contributed by atoms with Crippen molar-refractivity contribution in [3.8, 4) is 5.75 Å². The van der Waals surface area contributed by atoms with Gasteiger partial charge in [0.1, 0.15) is 11.4 Å². The molecule has 2 aromatic rings. The molecule has 0 bridgehead atoms. The number of halogens is 2. The number of benzene rings is 1. The number of carbonyl (C=O) groups excluding carboxylic acids is 1. The molecule has 11 heteroatoms. The fraction of sp³-hybridized carbons (Fsp3) is 0.591. The third-order valence-electron chi connectivity index (χ3n) is 5.09. The Bertz CT molecular complexity index is 1010. The molecule has 1 saturated heterocycles. The normalized spacial score (nSPS) is 14.7. The first-order chi connectivity index (χ1) is 15.5. The van der Waals surface area contributed by atoms with Crippen LogP contribution < -0.4 is 15.0 Å². The maximum Gasteiger partial charge on any atom is 0.410 e. The molecule has 33 heavy (non-hydrogen) atoms. The molecular weight excluding hydrogens is 512 g/mol. The highest BCUT2D eigenvalue weighted by Gasteiger charge is 2.29. The monoisotopic (exact) mass is 542 g/mol. The number of hydrogen-bond acceptors (Lipinski definition) is 8. The summed E-state index contributed by atoms with van der Waals surface area (Å²) in [5.41, 5.74) is 0.192. The van der Waals surface area contributed by atoms with Crippen molar-refractivity contribution in [2.24, 2.45) is 0 Å². The average Bonchev–Trinajstić information content (AvgIpc) is 2.73. The predicted molar refractivity (Wildman–Crippen MR) is 136 cm³/mol. The highest BCUT2D eigenvalue weighted by atomic mass is 79.9. The Balaban J connectivity index is 1.93. The number of fused-ring (bicyclic) bond motifs is 1. The number of nitrogens with zero attached hydrogens (tertiary/aromatic N) is 5. The van der Waals surface area contributed by atoms with Crippen molar-refractivity contribution in [2.45, 2.75) is 26.4 Å². The number of anilines is 2. The SMILES string of the molecule is COc1c(Cl)c(Br)cc2nc(NCCN(C)C)nc(N3CCN(C(=O)OC(C)(C)C)CC3)c12. The van der Waals surface area contributed by atoms with Crippen LogP contribution in [-0.2, 0) is 4.74 Å². The first kappa shape index (κ1) is 25.6. The number of methoxy groups -OCH3 is 1. The lowest BCUT2D eigenvalue weighted by Crippen LogP contribution is -2.50. The minimum atomic E-state index is -0.526. The third-order valence-corrected chi connectivity index (χ3v) is 6.32. The van der Waals surface area contributed by atoms with E-state index >= 15 is 0 Å². The topological polar surface area (TPSA) is 83.1 Å². The lowest BCUT2D eigenvalue weighted by Gasteiger charge is -2.36. The maximum atomic E-state index is 12.5. The number of nitrogens with one attached hydrogen (secondary N) is 1. The van der Waals surface area contributed by atoms with Crippen LogP contribution in [0, 0.1) is 0 Å². The molecule has 1 aliphatic rings. The van der Waals surface area contributed by atoms with Gasteiger partial charge in [0.15, 0.2) is 5.75 Å². The molecule has 1 fully saturated rings. The molecule has 0 aliphatic carbocycles. The molecule has 182 valence electrons. The molecule has 1 N–H and O–H groups in total. The first-order valence-corrected chi connectivity index (χ1v) is 12.0. The third kappa shape index (κ3) is 6.30. The fourth-order valence-corrected chi connectivity index (χ4v) is 4.13. The van der Waals surface area contributed by atoms with Gasteiger partial charge in [-0.1, -0.05) is 11.6 Å². The van der Waals surface area contributed by atoms with Crippen molar-refractivity contribution in [3.63, 3.8) is 0 Å². The molecule has 0 radical (unpaired) electrons. The second-order valence-electron chi connectivity index (χ2n) is 9.16. The summed E-state index contributed by atoms with van der Waals surface area (Å²) in [5.74, 6) is 1.78. The predicted octanol–water partition coefficient (Wildman–Crippen LogP) is 4.08. The van der Waals surface area contributed by atoms with Crippen molar-refractivity contribution in [3.05, 3.63) is 15.6 Å². The molecule has 3 rings (SSSR count). The number of ether oxygens (including phenoxy) is 2. The molecule has 9 nitrogen and oxygen atoms in total. The summed E-state index contributed by atoms with van der Waals surface area (Å²) < 4.78 is 11.9. The zero-order chi connectivity index (χ0) is 24.3. The summed E-state index contributed by atoms with van der Waals surface area (Å²) >= 11 is 10.0. The molecule has 1 aromatic heterocycles. The van der Waals surface area contributed by atoms with E-state index in [1.165, 1.54) is 0 Å². The van der Waals surface area contributed by atoms with Crippen LogP contribution in [0.5, 0.6) is 5.75 Å². The number of hydrogen-bond donors (Lipinski definition) is 1. The Kier molecular flexibility index (Phi) is 8.13. The Hall–Kier alpha value is -2.04. The van der Waals surface area contributed by atoms with E-state index < -0.39 is 5.60 Å². The number of aromatic nitrogens is 2. The highest BCUT2D eigenvalue weighted by Crippen LogP contribution is 2.42. The van der Waals surface area contributed by atoms with Crippen molar-refractivity contribution < 1.29 is 14.3 Å². The smallest absolute Gasteiger partial charge is 0.410 e. The summed E-state index contributed by atoms with van der Waals surface area (Å²) in [7, 11) is 5.62. The van der Waals surface area contributed by atoms with Crippen LogP contribution in [0.4, 0.5) is 16.6 Å². The molecule has 0 atom stereocenters. The van der Waals surface area contributed by atoms with Crippen molar-refractivity contribution >= 4 is 56.3 Å². The number of piperazine rings is 1. The Morgan fingerprint density at radius 3 is 2.48 bits per heavy atom. The second-order valence-corrected chi connectivity index (χ2v) is 10.4. The number of likely N-dealkylation sites (N-methyl/N-ethyl adjacent to an activating group) is 1. The number of carbonyl (C=O) groups is 1. The second kappa shape index (κ2) is 10.5. The van der Waals surface area contributed by atoms with Crippen molar-refractivity contribution in [1.82, 2.24) is 19.8 Å². The van der Waals surface area contributed by atoms with Gasteiger partial charge in [0.05, 0.1) is 23.0 Å². The van der Waals surface area contributed by atoms with Crippen molar-refractivity contribution in [2.75, 3.05) is 70.7 Å². The number of rotatable bonds is 6. The van der Waals surface area contributed by atoms with E-state index in [9.17, 15) is 4.79 Å². The zero-order valence-corrected chi connectivity index (χ0v) is 22.4. The molecule has 0 saturated carbocycles. The number of amides is 1. The Morgan fingerprint density at radius 2 is 1.91 bits per heavy atom. The van der Waals surface area contributed by atoms with Gasteiger partial charge in [-0.15, -0.1) is 0 Å². The van der Waals surface area contributed by atoms with Gasteiger partial charge < -0.3 is 29.5 Å². The summed E-state index contributed by atoms with van der Waals surface area (Å²) in [6.45, 7) is 9.40. The molecular formula is C22H32BrClN6O3. The van der Waals surface area contributed by atoms with Crippen LogP contribution in [0.2, 0.25) is 5.02 Å². The van der Waals surface area contributed by atoms with Crippen LogP contribution in [0.1, 0.15) is 20.8 Å². The van der Waals surface area contributed by atoms with Crippen LogP contribution in [0.15, 0.2) is 10.5 Å². The minimum absolute atomic E-state index is 0.301. The summed E-state index contributed by atoms with van der Waals surface area (Å²) in [6.07, 6.45) is -0.301. The largest absolute Gasteiger partial charge is 0.494 e. The lowest BCUT2D eigenvalue weighted by molar-refractivity contribution is 0.0240. The minimum Gasteiger partial charge on any atom is -0.494 e. The van der Waals surface area contributed by atoms with E-state index in [4.69, 9.17) is 31.0 Å². The maximum absolute atomic E-state index is 12.5. The van der Waals surface area contributed by atoms with Crippen LogP contribution in [-0.4, -0.2) is 91.9 Å². The van der Waals surface area contributed by atoms with E-state index in [2.05, 4.69) is 31.0 Å². The van der Waals surface area contributed by atoms with E-state index in [1.807, 2.05) is 40.9 Å². The van der Waals surface area contributed by atoms with E-state index in [0.717, 1.165) is 23.3 Å². The Labute approximate surface area is 208 Å². The van der Waals surface area contributed by atoms with Gasteiger partial charge in [-0.05, 0) is 56.9 Å². The van der Waals surface area contributed by atoms with Crippen molar-refractivity contribution in [1.29, 1.82) is 0 Å². The van der Waals surface area contributed by atoms with E-state index in [1.54, 1.807) is 12.0 Å². The standard InChI is InChI=1S/C22H32BrClN6O3/c1-22(2,3)33-21(31)30-11-9-29(10-12-30)19-16-15(13-14(23)17(24)18(16)32-6)26-20(27-19)25-7-8-28(4)5/h13H,7-12H2,1-6H3,(H,25,26,27). The van der Waals surface area contributed by atoms with Gasteiger partial charge >= 0.3 is 6.09 Å². The molecule has 1 aromatic carbocycles. The van der Waals surface area contributed by atoms with Gasteiger partial charge in [-0.25, -0.2) is 9.78 Å². The van der Waals surface area contributed by atoms with Gasteiger partial charge in [0, 0.05) is 43.7 Å².